The Labute approximate surface area is 154 Å². The summed E-state index contributed by atoms with van der Waals surface area (Å²) in [6.07, 6.45) is 1.11. The molecule has 1 amide bonds. The van der Waals surface area contributed by atoms with E-state index in [-0.39, 0.29) is 6.01 Å². The van der Waals surface area contributed by atoms with Crippen LogP contribution in [0.2, 0.25) is 0 Å². The van der Waals surface area contributed by atoms with Crippen LogP contribution in [-0.2, 0) is 0 Å². The minimum atomic E-state index is -0.967. The third-order valence-corrected chi connectivity index (χ3v) is 4.20. The van der Waals surface area contributed by atoms with Crippen molar-refractivity contribution in [2.24, 2.45) is 0 Å². The van der Waals surface area contributed by atoms with Crippen molar-refractivity contribution in [3.63, 3.8) is 0 Å². The van der Waals surface area contributed by atoms with Gasteiger partial charge in [-0.15, -0.1) is 0 Å². The van der Waals surface area contributed by atoms with Gasteiger partial charge >= 0.3 is 12.1 Å². The highest BCUT2D eigenvalue weighted by atomic mass is 19.1. The van der Waals surface area contributed by atoms with Crippen LogP contribution in [0.1, 0.15) is 0 Å². The van der Waals surface area contributed by atoms with E-state index in [9.17, 15) is 14.3 Å². The molecule has 0 saturated heterocycles. The second kappa shape index (κ2) is 6.91. The highest BCUT2D eigenvalue weighted by molar-refractivity contribution is 5.94. The van der Waals surface area contributed by atoms with E-state index in [0.29, 0.717) is 24.5 Å². The van der Waals surface area contributed by atoms with Crippen LogP contribution in [0.25, 0.3) is 0 Å². The third kappa shape index (κ3) is 3.37. The zero-order valence-corrected chi connectivity index (χ0v) is 14.1. The fourth-order valence-corrected chi connectivity index (χ4v) is 2.98. The van der Waals surface area contributed by atoms with Crippen molar-refractivity contribution in [1.29, 1.82) is 0 Å². The molecule has 4 rings (SSSR count). The lowest BCUT2D eigenvalue weighted by Crippen LogP contribution is -2.41. The number of anilines is 3. The number of carboxylic acid groups (broad SMARTS) is 1. The van der Waals surface area contributed by atoms with E-state index in [1.165, 1.54) is 4.90 Å². The van der Waals surface area contributed by atoms with Crippen molar-refractivity contribution in [2.75, 3.05) is 22.9 Å². The predicted octanol–water partition coefficient (Wildman–Crippen LogP) is 4.04. The first kappa shape index (κ1) is 16.8. The molecule has 1 aromatic heterocycles. The number of rotatable bonds is 3. The van der Waals surface area contributed by atoms with E-state index in [1.807, 2.05) is 35.2 Å². The fraction of sp³-hybridized carbons (Fsp3) is 0.105. The summed E-state index contributed by atoms with van der Waals surface area (Å²) in [6, 6.07) is 14.7. The molecule has 7 nitrogen and oxygen atoms in total. The second-order valence-corrected chi connectivity index (χ2v) is 5.85. The molecule has 0 atom stereocenters. The lowest BCUT2D eigenvalue weighted by molar-refractivity contribution is 0.201. The van der Waals surface area contributed by atoms with Gasteiger partial charge < -0.3 is 14.7 Å². The number of benzene rings is 2. The molecular weight excluding hydrogens is 351 g/mol. The summed E-state index contributed by atoms with van der Waals surface area (Å²) < 4.78 is 18.4. The second-order valence-electron chi connectivity index (χ2n) is 5.85. The first-order valence-corrected chi connectivity index (χ1v) is 8.24. The molecule has 136 valence electrons. The lowest BCUT2D eigenvalue weighted by Gasteiger charge is -2.36. The van der Waals surface area contributed by atoms with Crippen LogP contribution >= 0.6 is 0 Å². The molecule has 0 bridgehead atoms. The average molecular weight is 366 g/mol. The van der Waals surface area contributed by atoms with Crippen LogP contribution < -0.4 is 14.5 Å². The Morgan fingerprint density at radius 2 is 1.67 bits per heavy atom. The van der Waals surface area contributed by atoms with Gasteiger partial charge in [0.1, 0.15) is 5.75 Å². The van der Waals surface area contributed by atoms with Gasteiger partial charge in [-0.25, -0.2) is 19.2 Å². The maximum absolute atomic E-state index is 12.9. The average Bonchev–Trinajstić information content (AvgIpc) is 2.69. The lowest BCUT2D eigenvalue weighted by atomic mass is 10.1. The first-order valence-electron chi connectivity index (χ1n) is 8.24. The van der Waals surface area contributed by atoms with Gasteiger partial charge in [-0.3, -0.25) is 4.90 Å². The minimum Gasteiger partial charge on any atom is -0.465 e. The molecule has 0 fully saturated rings. The Bertz CT molecular complexity index is 963. The standard InChI is InChI=1S/C19H15FN4O3/c20-13-11-21-18(22-12-13)27-15-7-5-14(6-8-15)23-9-10-24(19(25)26)17-4-2-1-3-16(17)23/h1-8,11-12H,9-10H2,(H,25,26). The van der Waals surface area contributed by atoms with Crippen LogP contribution in [-0.4, -0.2) is 34.3 Å². The third-order valence-electron chi connectivity index (χ3n) is 4.20. The zero-order chi connectivity index (χ0) is 18.8. The molecule has 2 aromatic carbocycles. The molecule has 3 aromatic rings. The molecule has 1 N–H and O–H groups in total. The van der Waals surface area contributed by atoms with Crippen LogP contribution in [0.15, 0.2) is 60.9 Å². The van der Waals surface area contributed by atoms with Crippen molar-refractivity contribution in [3.8, 4) is 11.8 Å². The Balaban J connectivity index is 1.58. The molecule has 0 spiro atoms. The van der Waals surface area contributed by atoms with E-state index in [4.69, 9.17) is 4.74 Å². The number of ether oxygens (including phenoxy) is 1. The maximum Gasteiger partial charge on any atom is 0.411 e. The van der Waals surface area contributed by atoms with Crippen molar-refractivity contribution < 1.29 is 19.0 Å². The topological polar surface area (TPSA) is 78.8 Å². The van der Waals surface area contributed by atoms with Crippen LogP contribution in [0.5, 0.6) is 11.8 Å². The number of hydrogen-bond acceptors (Lipinski definition) is 5. The molecule has 8 heteroatoms. The maximum atomic E-state index is 12.9. The molecule has 0 aliphatic carbocycles. The summed E-state index contributed by atoms with van der Waals surface area (Å²) in [7, 11) is 0. The van der Waals surface area contributed by atoms with E-state index in [0.717, 1.165) is 23.8 Å². The molecule has 1 aliphatic heterocycles. The van der Waals surface area contributed by atoms with Gasteiger partial charge in [0.15, 0.2) is 5.82 Å². The number of para-hydroxylation sites is 2. The van der Waals surface area contributed by atoms with Gasteiger partial charge in [-0.2, -0.15) is 0 Å². The Hall–Kier alpha value is -3.68. The highest BCUT2D eigenvalue weighted by Gasteiger charge is 2.26. The molecule has 0 radical (unpaired) electrons. The number of fused-ring (bicyclic) bond motifs is 1. The molecular formula is C19H15FN4O3. The summed E-state index contributed by atoms with van der Waals surface area (Å²) in [5.41, 5.74) is 2.37. The van der Waals surface area contributed by atoms with Crippen molar-refractivity contribution in [1.82, 2.24) is 9.97 Å². The number of halogens is 1. The summed E-state index contributed by atoms with van der Waals surface area (Å²) in [5, 5.41) is 9.39. The van der Waals surface area contributed by atoms with Gasteiger partial charge in [0.25, 0.3) is 0 Å². The molecule has 0 unspecified atom stereocenters. The fourth-order valence-electron chi connectivity index (χ4n) is 2.98. The Kier molecular flexibility index (Phi) is 4.29. The van der Waals surface area contributed by atoms with Crippen LogP contribution in [0.3, 0.4) is 0 Å². The summed E-state index contributed by atoms with van der Waals surface area (Å²) in [6.45, 7) is 0.901. The molecule has 1 aliphatic rings. The van der Waals surface area contributed by atoms with Gasteiger partial charge in [0.05, 0.1) is 23.8 Å². The van der Waals surface area contributed by atoms with Gasteiger partial charge in [-0.1, -0.05) is 12.1 Å². The van der Waals surface area contributed by atoms with Crippen molar-refractivity contribution >= 4 is 23.2 Å². The number of nitrogens with zero attached hydrogens (tertiary/aromatic N) is 4. The van der Waals surface area contributed by atoms with Crippen LogP contribution in [0, 0.1) is 5.82 Å². The Morgan fingerprint density at radius 1 is 1.00 bits per heavy atom. The van der Waals surface area contributed by atoms with E-state index in [1.54, 1.807) is 18.2 Å². The van der Waals surface area contributed by atoms with E-state index in [2.05, 4.69) is 9.97 Å². The largest absolute Gasteiger partial charge is 0.465 e. The molecule has 2 heterocycles. The van der Waals surface area contributed by atoms with E-state index < -0.39 is 11.9 Å². The number of hydrogen-bond donors (Lipinski definition) is 1. The quantitative estimate of drug-likeness (QED) is 0.754. The monoisotopic (exact) mass is 366 g/mol. The first-order chi connectivity index (χ1) is 13.1. The number of carbonyl (C=O) groups is 1. The predicted molar refractivity (Wildman–Crippen MR) is 97.3 cm³/mol. The summed E-state index contributed by atoms with van der Waals surface area (Å²) in [4.78, 5) is 22.4. The molecule has 27 heavy (non-hydrogen) atoms. The number of aromatic nitrogens is 2. The highest BCUT2D eigenvalue weighted by Crippen LogP contribution is 2.38. The van der Waals surface area contributed by atoms with Crippen LogP contribution in [0.4, 0.5) is 26.2 Å². The number of amides is 1. The SMILES string of the molecule is O=C(O)N1CCN(c2ccc(Oc3ncc(F)cn3)cc2)c2ccccc21. The molecule has 0 saturated carbocycles. The van der Waals surface area contributed by atoms with Gasteiger partial charge in [0, 0.05) is 18.8 Å². The zero-order valence-electron chi connectivity index (χ0n) is 14.1. The van der Waals surface area contributed by atoms with Gasteiger partial charge in [0.2, 0.25) is 0 Å². The summed E-state index contributed by atoms with van der Waals surface area (Å²) in [5.74, 6) is -0.0142. The van der Waals surface area contributed by atoms with Crippen molar-refractivity contribution in [2.45, 2.75) is 0 Å². The smallest absolute Gasteiger partial charge is 0.411 e. The van der Waals surface area contributed by atoms with E-state index >= 15 is 0 Å². The minimum absolute atomic E-state index is 0.0598. The van der Waals surface area contributed by atoms with Gasteiger partial charge in [-0.05, 0) is 36.4 Å². The van der Waals surface area contributed by atoms with Crippen molar-refractivity contribution in [3.05, 3.63) is 66.7 Å². The normalized spacial score (nSPS) is 13.2. The summed E-state index contributed by atoms with van der Waals surface area (Å²) >= 11 is 0. The Morgan fingerprint density at radius 3 is 2.33 bits per heavy atom.